The SMILES string of the molecule is Cc1c(C(c2ccccc2C#N)C(C)c2nc(C(=O)Nc3cnoc3)c(O)c(=O)n2C)cnn1C. The normalized spacial score (nSPS) is 12.7. The van der Waals surface area contributed by atoms with Crippen LogP contribution in [0.1, 0.15) is 57.5 Å². The monoisotopic (exact) mass is 473 g/mol. The number of nitrogens with one attached hydrogen (secondary N) is 1. The Hall–Kier alpha value is -4.72. The Morgan fingerprint density at radius 2 is 1.97 bits per heavy atom. The summed E-state index contributed by atoms with van der Waals surface area (Å²) in [7, 11) is 3.30. The molecule has 0 saturated heterocycles. The molecular weight excluding hydrogens is 450 g/mol. The van der Waals surface area contributed by atoms with Gasteiger partial charge in [-0.3, -0.25) is 18.8 Å². The summed E-state index contributed by atoms with van der Waals surface area (Å²) in [5.41, 5.74) is 1.99. The van der Waals surface area contributed by atoms with Gasteiger partial charge in [0.15, 0.2) is 5.69 Å². The summed E-state index contributed by atoms with van der Waals surface area (Å²) in [6.07, 6.45) is 4.21. The number of carbonyl (C=O) groups is 1. The first kappa shape index (κ1) is 23.4. The first-order valence-electron chi connectivity index (χ1n) is 10.7. The van der Waals surface area contributed by atoms with E-state index >= 15 is 0 Å². The summed E-state index contributed by atoms with van der Waals surface area (Å²) < 4.78 is 7.64. The number of anilines is 1. The number of hydrogen-bond acceptors (Lipinski definition) is 8. The third kappa shape index (κ3) is 4.17. The van der Waals surface area contributed by atoms with Crippen molar-refractivity contribution in [2.45, 2.75) is 25.7 Å². The molecule has 0 bridgehead atoms. The van der Waals surface area contributed by atoms with E-state index in [0.717, 1.165) is 16.8 Å². The van der Waals surface area contributed by atoms with Crippen molar-refractivity contribution in [3.63, 3.8) is 0 Å². The standard InChI is InChI=1S/C24H23N7O4/c1-13(19(18-11-26-31(4)14(18)2)17-8-6-5-7-15(17)9-25)22-29-20(21(32)24(34)30(22)3)23(33)28-16-10-27-35-12-16/h5-8,10-13,19,32H,1-4H3,(H,28,33). The van der Waals surface area contributed by atoms with Crippen LogP contribution in [0, 0.1) is 18.3 Å². The van der Waals surface area contributed by atoms with Gasteiger partial charge in [-0.05, 0) is 18.6 Å². The van der Waals surface area contributed by atoms with E-state index in [1.165, 1.54) is 24.1 Å². The minimum Gasteiger partial charge on any atom is -0.501 e. The van der Waals surface area contributed by atoms with Gasteiger partial charge < -0.3 is 14.9 Å². The van der Waals surface area contributed by atoms with Crippen molar-refractivity contribution in [3.8, 4) is 11.8 Å². The summed E-state index contributed by atoms with van der Waals surface area (Å²) in [5.74, 6) is -2.22. The van der Waals surface area contributed by atoms with Gasteiger partial charge in [-0.25, -0.2) is 4.98 Å². The molecule has 4 aromatic rings. The summed E-state index contributed by atoms with van der Waals surface area (Å²) in [6.45, 7) is 3.77. The fourth-order valence-electron chi connectivity index (χ4n) is 4.18. The second-order valence-corrected chi connectivity index (χ2v) is 8.17. The zero-order valence-electron chi connectivity index (χ0n) is 19.6. The Bertz CT molecular complexity index is 1500. The number of rotatable bonds is 6. The van der Waals surface area contributed by atoms with Crippen LogP contribution in [0.4, 0.5) is 5.69 Å². The third-order valence-electron chi connectivity index (χ3n) is 6.14. The van der Waals surface area contributed by atoms with Gasteiger partial charge in [0.25, 0.3) is 11.5 Å². The van der Waals surface area contributed by atoms with Crippen molar-refractivity contribution in [2.75, 3.05) is 5.32 Å². The summed E-state index contributed by atoms with van der Waals surface area (Å²) in [6, 6.07) is 9.42. The van der Waals surface area contributed by atoms with Crippen molar-refractivity contribution in [2.24, 2.45) is 14.1 Å². The molecule has 1 amide bonds. The second kappa shape index (κ2) is 9.26. The largest absolute Gasteiger partial charge is 0.501 e. The van der Waals surface area contributed by atoms with E-state index in [9.17, 15) is 20.0 Å². The lowest BCUT2D eigenvalue weighted by atomic mass is 9.79. The molecule has 11 heteroatoms. The lowest BCUT2D eigenvalue weighted by Crippen LogP contribution is -2.29. The Morgan fingerprint density at radius 1 is 1.23 bits per heavy atom. The molecule has 0 aliphatic carbocycles. The molecule has 2 N–H and O–H groups in total. The molecule has 0 radical (unpaired) electrons. The van der Waals surface area contributed by atoms with Crippen LogP contribution in [0.5, 0.6) is 5.75 Å². The van der Waals surface area contributed by atoms with Gasteiger partial charge in [-0.1, -0.05) is 30.3 Å². The van der Waals surface area contributed by atoms with Crippen LogP contribution >= 0.6 is 0 Å². The average molecular weight is 473 g/mol. The summed E-state index contributed by atoms with van der Waals surface area (Å²) >= 11 is 0. The molecule has 2 atom stereocenters. The highest BCUT2D eigenvalue weighted by molar-refractivity contribution is 6.04. The van der Waals surface area contributed by atoms with Crippen molar-refractivity contribution in [1.82, 2.24) is 24.5 Å². The predicted molar refractivity (Wildman–Crippen MR) is 125 cm³/mol. The van der Waals surface area contributed by atoms with E-state index in [2.05, 4.69) is 26.6 Å². The van der Waals surface area contributed by atoms with E-state index in [1.807, 2.05) is 33.0 Å². The smallest absolute Gasteiger partial charge is 0.296 e. The Kier molecular flexibility index (Phi) is 6.20. The van der Waals surface area contributed by atoms with E-state index in [4.69, 9.17) is 4.52 Å². The van der Waals surface area contributed by atoms with Crippen molar-refractivity contribution in [3.05, 3.63) is 87.2 Å². The molecular formula is C24H23N7O4. The maximum atomic E-state index is 12.9. The van der Waals surface area contributed by atoms with Gasteiger partial charge in [0.1, 0.15) is 17.8 Å². The van der Waals surface area contributed by atoms with Gasteiger partial charge in [0.05, 0.1) is 24.0 Å². The van der Waals surface area contributed by atoms with Gasteiger partial charge in [0.2, 0.25) is 5.75 Å². The number of benzene rings is 1. The van der Waals surface area contributed by atoms with Gasteiger partial charge in [-0.15, -0.1) is 0 Å². The molecule has 3 heterocycles. The molecule has 11 nitrogen and oxygen atoms in total. The Morgan fingerprint density at radius 3 is 2.60 bits per heavy atom. The fraction of sp³-hybridized carbons (Fsp3) is 0.250. The predicted octanol–water partition coefficient (Wildman–Crippen LogP) is 2.58. The van der Waals surface area contributed by atoms with Crippen molar-refractivity contribution in [1.29, 1.82) is 5.26 Å². The zero-order chi connectivity index (χ0) is 25.3. The topological polar surface area (TPSA) is 152 Å². The van der Waals surface area contributed by atoms with Crippen LogP contribution < -0.4 is 10.9 Å². The average Bonchev–Trinajstić information content (AvgIpc) is 3.48. The molecule has 1 aromatic carbocycles. The first-order valence-corrected chi connectivity index (χ1v) is 10.7. The van der Waals surface area contributed by atoms with E-state index in [-0.39, 0.29) is 11.5 Å². The molecule has 35 heavy (non-hydrogen) atoms. The van der Waals surface area contributed by atoms with E-state index in [0.29, 0.717) is 5.56 Å². The highest BCUT2D eigenvalue weighted by atomic mass is 16.5. The number of aromatic nitrogens is 5. The number of amides is 1. The van der Waals surface area contributed by atoms with Crippen LogP contribution in [0.2, 0.25) is 0 Å². The molecule has 0 aliphatic heterocycles. The summed E-state index contributed by atoms with van der Waals surface area (Å²) in [4.78, 5) is 30.2. The molecule has 4 rings (SSSR count). The maximum absolute atomic E-state index is 12.9. The second-order valence-electron chi connectivity index (χ2n) is 8.17. The minimum absolute atomic E-state index is 0.248. The van der Waals surface area contributed by atoms with Crippen molar-refractivity contribution < 1.29 is 14.4 Å². The first-order chi connectivity index (χ1) is 16.7. The van der Waals surface area contributed by atoms with Gasteiger partial charge in [-0.2, -0.15) is 10.4 Å². The lowest BCUT2D eigenvalue weighted by Gasteiger charge is -2.26. The molecule has 178 valence electrons. The Balaban J connectivity index is 1.88. The lowest BCUT2D eigenvalue weighted by molar-refractivity contribution is 0.101. The number of hydrogen-bond donors (Lipinski definition) is 2. The highest BCUT2D eigenvalue weighted by Crippen LogP contribution is 2.40. The molecule has 0 fully saturated rings. The van der Waals surface area contributed by atoms with E-state index in [1.54, 1.807) is 23.0 Å². The van der Waals surface area contributed by atoms with Crippen LogP contribution in [-0.2, 0) is 14.1 Å². The quantitative estimate of drug-likeness (QED) is 0.433. The number of carbonyl (C=O) groups excluding carboxylic acids is 1. The molecule has 3 aromatic heterocycles. The highest BCUT2D eigenvalue weighted by Gasteiger charge is 2.32. The molecule has 0 aliphatic rings. The van der Waals surface area contributed by atoms with Crippen LogP contribution in [0.15, 0.2) is 52.2 Å². The molecule has 2 unspecified atom stereocenters. The minimum atomic E-state index is -0.789. The Labute approximate surface area is 200 Å². The van der Waals surface area contributed by atoms with Gasteiger partial charge >= 0.3 is 0 Å². The number of aromatic hydroxyl groups is 1. The maximum Gasteiger partial charge on any atom is 0.296 e. The molecule has 0 spiro atoms. The fourth-order valence-corrected chi connectivity index (χ4v) is 4.18. The number of nitrogens with zero attached hydrogens (tertiary/aromatic N) is 6. The molecule has 0 saturated carbocycles. The van der Waals surface area contributed by atoms with Gasteiger partial charge in [0, 0.05) is 37.2 Å². The number of aryl methyl sites for hydroxylation is 1. The van der Waals surface area contributed by atoms with Crippen molar-refractivity contribution >= 4 is 11.6 Å². The van der Waals surface area contributed by atoms with Crippen LogP contribution in [-0.4, -0.2) is 35.5 Å². The van der Waals surface area contributed by atoms with E-state index < -0.39 is 34.7 Å². The van der Waals surface area contributed by atoms with Crippen LogP contribution in [0.3, 0.4) is 0 Å². The zero-order valence-corrected chi connectivity index (χ0v) is 19.6. The number of nitriles is 1. The third-order valence-corrected chi connectivity index (χ3v) is 6.14. The summed E-state index contributed by atoms with van der Waals surface area (Å²) in [5, 5.41) is 30.6. The van der Waals surface area contributed by atoms with Crippen LogP contribution in [0.25, 0.3) is 0 Å².